The Morgan fingerprint density at radius 2 is 2.27 bits per heavy atom. The summed E-state index contributed by atoms with van der Waals surface area (Å²) in [7, 11) is 0. The molecule has 3 heterocycles. The summed E-state index contributed by atoms with van der Waals surface area (Å²) in [6.07, 6.45) is 4.41. The van der Waals surface area contributed by atoms with E-state index in [1.807, 2.05) is 30.2 Å². The maximum atomic E-state index is 11.8. The lowest BCUT2D eigenvalue weighted by molar-refractivity contribution is -0.129. The lowest BCUT2D eigenvalue weighted by atomic mass is 10.0. The molecule has 0 N–H and O–H groups in total. The van der Waals surface area contributed by atoms with Gasteiger partial charge in [-0.2, -0.15) is 0 Å². The fraction of sp³-hybridized carbons (Fsp3) is 0.588. The second kappa shape index (κ2) is 6.07. The Hall–Kier alpha value is -1.91. The monoisotopic (exact) mass is 300 g/mol. The van der Waals surface area contributed by atoms with Crippen molar-refractivity contribution in [3.63, 3.8) is 0 Å². The highest BCUT2D eigenvalue weighted by molar-refractivity contribution is 5.76. The first-order valence-electron chi connectivity index (χ1n) is 8.19. The van der Waals surface area contributed by atoms with Crippen molar-refractivity contribution in [2.24, 2.45) is 5.92 Å². The Balaban J connectivity index is 1.82. The number of pyridine rings is 1. The minimum atomic E-state index is 0.265. The van der Waals surface area contributed by atoms with Gasteiger partial charge in [-0.25, -0.2) is 9.97 Å². The van der Waals surface area contributed by atoms with Crippen LogP contribution in [0.1, 0.15) is 45.5 Å². The van der Waals surface area contributed by atoms with Gasteiger partial charge < -0.3 is 9.47 Å². The summed E-state index contributed by atoms with van der Waals surface area (Å²) in [5, 5.41) is 0. The third-order valence-corrected chi connectivity index (χ3v) is 4.45. The summed E-state index contributed by atoms with van der Waals surface area (Å²) >= 11 is 0. The molecule has 1 unspecified atom stereocenters. The van der Waals surface area contributed by atoms with Gasteiger partial charge in [0.2, 0.25) is 5.91 Å². The third kappa shape index (κ3) is 2.72. The van der Waals surface area contributed by atoms with Gasteiger partial charge in [-0.1, -0.05) is 6.92 Å². The van der Waals surface area contributed by atoms with Gasteiger partial charge in [-0.05, 0) is 38.3 Å². The molecule has 1 amide bonds. The third-order valence-electron chi connectivity index (χ3n) is 4.45. The Labute approximate surface area is 131 Å². The molecule has 0 bridgehead atoms. The van der Waals surface area contributed by atoms with Crippen LogP contribution in [-0.2, 0) is 11.2 Å². The molecule has 1 aliphatic heterocycles. The first kappa shape index (κ1) is 15.0. The predicted octanol–water partition coefficient (Wildman–Crippen LogP) is 2.81. The number of imidazole rings is 1. The van der Waals surface area contributed by atoms with Crippen LogP contribution in [0.5, 0.6) is 0 Å². The van der Waals surface area contributed by atoms with Crippen molar-refractivity contribution >= 4 is 17.1 Å². The van der Waals surface area contributed by atoms with Gasteiger partial charge in [0.15, 0.2) is 5.65 Å². The summed E-state index contributed by atoms with van der Waals surface area (Å²) in [5.74, 6) is 1.87. The SMILES string of the molecule is CCC(=O)N1CCC(Cc2nc3cccnc3n2C(C)C)C1. The van der Waals surface area contributed by atoms with E-state index in [9.17, 15) is 4.79 Å². The summed E-state index contributed by atoms with van der Waals surface area (Å²) in [6.45, 7) is 8.01. The van der Waals surface area contributed by atoms with Gasteiger partial charge >= 0.3 is 0 Å². The van der Waals surface area contributed by atoms with Crippen molar-refractivity contribution in [1.82, 2.24) is 19.4 Å². The molecule has 0 aromatic carbocycles. The number of carbonyl (C=O) groups is 1. The van der Waals surface area contributed by atoms with Crippen molar-refractivity contribution in [1.29, 1.82) is 0 Å². The maximum absolute atomic E-state index is 11.8. The largest absolute Gasteiger partial charge is 0.342 e. The summed E-state index contributed by atoms with van der Waals surface area (Å²) in [4.78, 5) is 23.1. The lowest BCUT2D eigenvalue weighted by Gasteiger charge is -2.17. The Bertz CT molecular complexity index is 676. The Morgan fingerprint density at radius 1 is 1.45 bits per heavy atom. The Kier molecular flexibility index (Phi) is 4.14. The molecular formula is C17H24N4O. The minimum Gasteiger partial charge on any atom is -0.342 e. The van der Waals surface area contributed by atoms with Crippen LogP contribution in [0.15, 0.2) is 18.3 Å². The van der Waals surface area contributed by atoms with Crippen molar-refractivity contribution in [3.8, 4) is 0 Å². The quantitative estimate of drug-likeness (QED) is 0.872. The van der Waals surface area contributed by atoms with E-state index >= 15 is 0 Å². The molecule has 2 aromatic rings. The molecule has 0 aliphatic carbocycles. The average Bonchev–Trinajstić information content (AvgIpc) is 3.10. The van der Waals surface area contributed by atoms with E-state index in [1.165, 1.54) is 0 Å². The molecular weight excluding hydrogens is 276 g/mol. The molecule has 5 heteroatoms. The van der Waals surface area contributed by atoms with Gasteiger partial charge in [0, 0.05) is 38.2 Å². The van der Waals surface area contributed by atoms with E-state index in [4.69, 9.17) is 4.98 Å². The molecule has 0 spiro atoms. The number of nitrogens with zero attached hydrogens (tertiary/aromatic N) is 4. The maximum Gasteiger partial charge on any atom is 0.222 e. The molecule has 1 aliphatic rings. The van der Waals surface area contributed by atoms with Crippen LogP contribution in [0.2, 0.25) is 0 Å². The average molecular weight is 300 g/mol. The van der Waals surface area contributed by atoms with Gasteiger partial charge in [0.1, 0.15) is 11.3 Å². The molecule has 0 radical (unpaired) electrons. The second-order valence-corrected chi connectivity index (χ2v) is 6.39. The van der Waals surface area contributed by atoms with Gasteiger partial charge in [0.25, 0.3) is 0 Å². The highest BCUT2D eigenvalue weighted by atomic mass is 16.2. The molecule has 1 atom stereocenters. The van der Waals surface area contributed by atoms with Crippen LogP contribution in [0, 0.1) is 5.92 Å². The zero-order valence-electron chi connectivity index (χ0n) is 13.6. The number of aromatic nitrogens is 3. The molecule has 2 aromatic heterocycles. The summed E-state index contributed by atoms with van der Waals surface area (Å²) in [6, 6.07) is 4.29. The fourth-order valence-corrected chi connectivity index (χ4v) is 3.37. The molecule has 22 heavy (non-hydrogen) atoms. The topological polar surface area (TPSA) is 51.0 Å². The first-order valence-corrected chi connectivity index (χ1v) is 8.19. The van der Waals surface area contributed by atoms with E-state index in [1.54, 1.807) is 0 Å². The van der Waals surface area contributed by atoms with E-state index in [0.29, 0.717) is 18.4 Å². The number of likely N-dealkylation sites (tertiary alicyclic amines) is 1. The van der Waals surface area contributed by atoms with Gasteiger partial charge in [-0.3, -0.25) is 4.79 Å². The number of amides is 1. The fourth-order valence-electron chi connectivity index (χ4n) is 3.37. The van der Waals surface area contributed by atoms with Crippen LogP contribution in [0.3, 0.4) is 0 Å². The first-order chi connectivity index (χ1) is 10.6. The molecule has 1 fully saturated rings. The molecule has 3 rings (SSSR count). The van der Waals surface area contributed by atoms with Crippen LogP contribution < -0.4 is 0 Å². The van der Waals surface area contributed by atoms with Crippen LogP contribution in [0.4, 0.5) is 0 Å². The molecule has 5 nitrogen and oxygen atoms in total. The number of carbonyl (C=O) groups excluding carboxylic acids is 1. The van der Waals surface area contributed by atoms with Crippen molar-refractivity contribution in [3.05, 3.63) is 24.2 Å². The van der Waals surface area contributed by atoms with Crippen molar-refractivity contribution in [2.75, 3.05) is 13.1 Å². The number of fused-ring (bicyclic) bond motifs is 1. The van der Waals surface area contributed by atoms with Crippen molar-refractivity contribution < 1.29 is 4.79 Å². The van der Waals surface area contributed by atoms with E-state index in [2.05, 4.69) is 23.4 Å². The zero-order chi connectivity index (χ0) is 15.7. The molecule has 1 saturated heterocycles. The second-order valence-electron chi connectivity index (χ2n) is 6.39. The van der Waals surface area contributed by atoms with Gasteiger partial charge in [0.05, 0.1) is 0 Å². The van der Waals surface area contributed by atoms with E-state index in [-0.39, 0.29) is 5.91 Å². The predicted molar refractivity (Wildman–Crippen MR) is 86.6 cm³/mol. The molecule has 118 valence electrons. The van der Waals surface area contributed by atoms with Crippen LogP contribution >= 0.6 is 0 Å². The minimum absolute atomic E-state index is 0.265. The smallest absolute Gasteiger partial charge is 0.222 e. The Morgan fingerprint density at radius 3 is 3.00 bits per heavy atom. The van der Waals surface area contributed by atoms with Crippen molar-refractivity contribution in [2.45, 2.75) is 46.1 Å². The number of hydrogen-bond acceptors (Lipinski definition) is 3. The molecule has 0 saturated carbocycles. The normalized spacial score (nSPS) is 18.5. The highest BCUT2D eigenvalue weighted by Gasteiger charge is 2.27. The van der Waals surface area contributed by atoms with Crippen LogP contribution in [-0.4, -0.2) is 38.4 Å². The van der Waals surface area contributed by atoms with E-state index < -0.39 is 0 Å². The number of hydrogen-bond donors (Lipinski definition) is 0. The zero-order valence-corrected chi connectivity index (χ0v) is 13.6. The standard InChI is InChI=1S/C17H24N4O/c1-4-16(22)20-9-7-13(11-20)10-15-19-14-6-5-8-18-17(14)21(15)12(2)3/h5-6,8,12-13H,4,7,9-11H2,1-3H3. The lowest BCUT2D eigenvalue weighted by Crippen LogP contribution is -2.28. The number of rotatable bonds is 4. The van der Waals surface area contributed by atoms with Gasteiger partial charge in [-0.15, -0.1) is 0 Å². The summed E-state index contributed by atoms with van der Waals surface area (Å²) < 4.78 is 2.24. The summed E-state index contributed by atoms with van der Waals surface area (Å²) in [5.41, 5.74) is 1.93. The van der Waals surface area contributed by atoms with E-state index in [0.717, 1.165) is 42.9 Å². The van der Waals surface area contributed by atoms with Crippen LogP contribution in [0.25, 0.3) is 11.2 Å². The highest BCUT2D eigenvalue weighted by Crippen LogP contribution is 2.25.